The lowest BCUT2D eigenvalue weighted by molar-refractivity contribution is -0.385. The first kappa shape index (κ1) is 16.7. The fourth-order valence-electron chi connectivity index (χ4n) is 1.81. The predicted octanol–water partition coefficient (Wildman–Crippen LogP) is 1.52. The van der Waals surface area contributed by atoms with Gasteiger partial charge in [-0.2, -0.15) is 0 Å². The highest BCUT2D eigenvalue weighted by molar-refractivity contribution is 6.10. The normalized spacial score (nSPS) is 9.88. The van der Waals surface area contributed by atoms with Crippen LogP contribution in [0.15, 0.2) is 42.7 Å². The molecule has 1 heterocycles. The maximum Gasteiger partial charge on any atom is 0.288 e. The fraction of sp³-hybridized carbons (Fsp3) is 0.0667. The van der Waals surface area contributed by atoms with Crippen LogP contribution in [0, 0.1) is 10.1 Å². The summed E-state index contributed by atoms with van der Waals surface area (Å²) >= 11 is 0. The van der Waals surface area contributed by atoms with Gasteiger partial charge in [0.1, 0.15) is 6.20 Å². The fourth-order valence-corrected chi connectivity index (χ4v) is 1.81. The van der Waals surface area contributed by atoms with Crippen molar-refractivity contribution < 1.29 is 19.3 Å². The summed E-state index contributed by atoms with van der Waals surface area (Å²) < 4.78 is 0. The van der Waals surface area contributed by atoms with Gasteiger partial charge in [0, 0.05) is 30.4 Å². The van der Waals surface area contributed by atoms with Crippen LogP contribution in [0.4, 0.5) is 11.4 Å². The van der Waals surface area contributed by atoms with Gasteiger partial charge >= 0.3 is 0 Å². The number of nitro groups is 1. The van der Waals surface area contributed by atoms with E-state index in [9.17, 15) is 24.5 Å². The second kappa shape index (κ2) is 7.09. The molecule has 0 unspecified atom stereocenters. The van der Waals surface area contributed by atoms with Crippen molar-refractivity contribution in [3.05, 3.63) is 64.0 Å². The molecule has 0 aliphatic carbocycles. The second-order valence-corrected chi connectivity index (χ2v) is 4.73. The first-order valence-corrected chi connectivity index (χ1v) is 6.69. The smallest absolute Gasteiger partial charge is 0.288 e. The molecule has 2 N–H and O–H groups in total. The summed E-state index contributed by atoms with van der Waals surface area (Å²) in [7, 11) is 0. The minimum atomic E-state index is -0.804. The van der Waals surface area contributed by atoms with Crippen molar-refractivity contribution >= 4 is 29.1 Å². The molecule has 1 aromatic heterocycles. The van der Waals surface area contributed by atoms with Crippen LogP contribution in [-0.4, -0.2) is 27.6 Å². The Bertz CT molecular complexity index is 817. The van der Waals surface area contributed by atoms with E-state index in [4.69, 9.17) is 0 Å². The molecule has 9 heteroatoms. The summed E-state index contributed by atoms with van der Waals surface area (Å²) in [5.41, 5.74) is 0.242. The van der Waals surface area contributed by atoms with Gasteiger partial charge in [-0.25, -0.2) is 0 Å². The molecule has 0 aliphatic heterocycles. The molecule has 0 aliphatic rings. The molecular formula is C15H12N4O5. The summed E-state index contributed by atoms with van der Waals surface area (Å²) in [5, 5.41) is 15.3. The zero-order chi connectivity index (χ0) is 17.7. The lowest BCUT2D eigenvalue weighted by atomic mass is 10.2. The largest absolute Gasteiger partial charge is 0.326 e. The number of aromatic nitrogens is 1. The van der Waals surface area contributed by atoms with Gasteiger partial charge < -0.3 is 5.32 Å². The van der Waals surface area contributed by atoms with E-state index in [-0.39, 0.29) is 22.7 Å². The molecule has 0 saturated carbocycles. The van der Waals surface area contributed by atoms with Crippen LogP contribution < -0.4 is 10.6 Å². The molecule has 0 atom stereocenters. The summed E-state index contributed by atoms with van der Waals surface area (Å²) in [6.45, 7) is 1.35. The van der Waals surface area contributed by atoms with Crippen molar-refractivity contribution in [2.75, 3.05) is 5.32 Å². The molecule has 0 radical (unpaired) electrons. The number of benzene rings is 1. The molecule has 2 rings (SSSR count). The Kier molecular flexibility index (Phi) is 4.95. The molecule has 122 valence electrons. The summed E-state index contributed by atoms with van der Waals surface area (Å²) in [6, 6.07) is 6.90. The Balaban J connectivity index is 2.08. The van der Waals surface area contributed by atoms with E-state index in [1.165, 1.54) is 31.2 Å². The molecular weight excluding hydrogens is 316 g/mol. The quantitative estimate of drug-likeness (QED) is 0.497. The SMILES string of the molecule is CC(=O)Nc1ccc(C(=O)NC(=O)c2cncc([N+](=O)[O-])c2)cc1. The molecule has 3 amide bonds. The number of nitrogens with one attached hydrogen (secondary N) is 2. The third-order valence-corrected chi connectivity index (χ3v) is 2.89. The first-order valence-electron chi connectivity index (χ1n) is 6.69. The van der Waals surface area contributed by atoms with Crippen molar-refractivity contribution in [3.8, 4) is 0 Å². The van der Waals surface area contributed by atoms with Crippen molar-refractivity contribution in [1.29, 1.82) is 0 Å². The number of hydrogen-bond donors (Lipinski definition) is 2. The Hall–Kier alpha value is -3.62. The minimum Gasteiger partial charge on any atom is -0.326 e. The number of carbonyl (C=O) groups excluding carboxylic acids is 3. The van der Waals surface area contributed by atoms with E-state index < -0.39 is 16.7 Å². The van der Waals surface area contributed by atoms with E-state index in [2.05, 4.69) is 15.6 Å². The van der Waals surface area contributed by atoms with E-state index in [0.29, 0.717) is 5.69 Å². The number of amides is 3. The molecule has 2 aromatic rings. The number of hydrogen-bond acceptors (Lipinski definition) is 6. The average molecular weight is 328 g/mol. The Morgan fingerprint density at radius 3 is 2.25 bits per heavy atom. The van der Waals surface area contributed by atoms with E-state index in [0.717, 1.165) is 18.5 Å². The average Bonchev–Trinajstić information content (AvgIpc) is 2.55. The number of pyridine rings is 1. The van der Waals surface area contributed by atoms with E-state index in [1.807, 2.05) is 0 Å². The van der Waals surface area contributed by atoms with Gasteiger partial charge in [0.2, 0.25) is 5.91 Å². The summed E-state index contributed by atoms with van der Waals surface area (Å²) in [6.07, 6.45) is 2.12. The minimum absolute atomic E-state index is 0.104. The Morgan fingerprint density at radius 1 is 1.04 bits per heavy atom. The van der Waals surface area contributed by atoms with Crippen LogP contribution in [0.3, 0.4) is 0 Å². The van der Waals surface area contributed by atoms with Crippen molar-refractivity contribution in [1.82, 2.24) is 10.3 Å². The van der Waals surface area contributed by atoms with Gasteiger partial charge in [-0.1, -0.05) is 0 Å². The zero-order valence-electron chi connectivity index (χ0n) is 12.5. The van der Waals surface area contributed by atoms with Crippen LogP contribution >= 0.6 is 0 Å². The van der Waals surface area contributed by atoms with Crippen molar-refractivity contribution in [3.63, 3.8) is 0 Å². The topological polar surface area (TPSA) is 131 Å². The molecule has 1 aromatic carbocycles. The maximum atomic E-state index is 12.0. The summed E-state index contributed by atoms with van der Waals surface area (Å²) in [5.74, 6) is -1.73. The predicted molar refractivity (Wildman–Crippen MR) is 83.4 cm³/mol. The third kappa shape index (κ3) is 4.19. The zero-order valence-corrected chi connectivity index (χ0v) is 12.5. The molecule has 0 saturated heterocycles. The van der Waals surface area contributed by atoms with Gasteiger partial charge in [-0.05, 0) is 24.3 Å². The molecule has 0 spiro atoms. The molecule has 0 fully saturated rings. The van der Waals surface area contributed by atoms with Crippen LogP contribution in [0.2, 0.25) is 0 Å². The van der Waals surface area contributed by atoms with Crippen LogP contribution in [-0.2, 0) is 4.79 Å². The van der Waals surface area contributed by atoms with Gasteiger partial charge in [-0.3, -0.25) is 34.8 Å². The molecule has 9 nitrogen and oxygen atoms in total. The van der Waals surface area contributed by atoms with Crippen LogP contribution in [0.1, 0.15) is 27.6 Å². The van der Waals surface area contributed by atoms with Gasteiger partial charge in [-0.15, -0.1) is 0 Å². The lowest BCUT2D eigenvalue weighted by Crippen LogP contribution is -2.30. The van der Waals surface area contributed by atoms with Gasteiger partial charge in [0.05, 0.1) is 10.5 Å². The number of carbonyl (C=O) groups is 3. The highest BCUT2D eigenvalue weighted by Crippen LogP contribution is 2.12. The highest BCUT2D eigenvalue weighted by atomic mass is 16.6. The lowest BCUT2D eigenvalue weighted by Gasteiger charge is -2.06. The third-order valence-electron chi connectivity index (χ3n) is 2.89. The number of imide groups is 1. The van der Waals surface area contributed by atoms with Gasteiger partial charge in [0.25, 0.3) is 17.5 Å². The second-order valence-electron chi connectivity index (χ2n) is 4.73. The summed E-state index contributed by atoms with van der Waals surface area (Å²) in [4.78, 5) is 48.5. The van der Waals surface area contributed by atoms with Crippen LogP contribution in [0.25, 0.3) is 0 Å². The first-order chi connectivity index (χ1) is 11.4. The highest BCUT2D eigenvalue weighted by Gasteiger charge is 2.16. The van der Waals surface area contributed by atoms with Gasteiger partial charge in [0.15, 0.2) is 0 Å². The molecule has 24 heavy (non-hydrogen) atoms. The Morgan fingerprint density at radius 2 is 1.67 bits per heavy atom. The van der Waals surface area contributed by atoms with Crippen LogP contribution in [0.5, 0.6) is 0 Å². The van der Waals surface area contributed by atoms with E-state index in [1.54, 1.807) is 0 Å². The van der Waals surface area contributed by atoms with Crippen molar-refractivity contribution in [2.24, 2.45) is 0 Å². The van der Waals surface area contributed by atoms with Crippen molar-refractivity contribution in [2.45, 2.75) is 6.92 Å². The van der Waals surface area contributed by atoms with E-state index >= 15 is 0 Å². The maximum absolute atomic E-state index is 12.0. The Labute approximate surface area is 135 Å². The number of anilines is 1. The monoisotopic (exact) mass is 328 g/mol. The molecule has 0 bridgehead atoms. The standard InChI is InChI=1S/C15H12N4O5/c1-9(20)17-12-4-2-10(3-5-12)14(21)18-15(22)11-6-13(19(23)24)8-16-7-11/h2-8H,1H3,(H,17,20)(H,18,21,22). The number of nitrogens with zero attached hydrogens (tertiary/aromatic N) is 2. The number of rotatable bonds is 4.